The molecule has 1 aromatic rings. The molecule has 1 amide bonds. The summed E-state index contributed by atoms with van der Waals surface area (Å²) in [6, 6.07) is 0. The van der Waals surface area contributed by atoms with Gasteiger partial charge < -0.3 is 19.3 Å². The van der Waals surface area contributed by atoms with Crippen LogP contribution in [0.25, 0.3) is 0 Å². The van der Waals surface area contributed by atoms with Crippen LogP contribution in [0, 0.1) is 0 Å². The first kappa shape index (κ1) is 15.4. The first-order chi connectivity index (χ1) is 10.5. The van der Waals surface area contributed by atoms with E-state index in [4.69, 9.17) is 4.74 Å². The minimum atomic E-state index is -0.640. The molecular weight excluding hydrogens is 284 g/mol. The zero-order valence-corrected chi connectivity index (χ0v) is 13.1. The molecule has 2 aliphatic rings. The van der Waals surface area contributed by atoms with Crippen molar-refractivity contribution in [2.75, 3.05) is 19.7 Å². The molecule has 0 aliphatic carbocycles. The van der Waals surface area contributed by atoms with Crippen LogP contribution in [0.3, 0.4) is 0 Å². The molecule has 1 N–H and O–H groups in total. The van der Waals surface area contributed by atoms with Crippen molar-refractivity contribution >= 4 is 5.91 Å². The van der Waals surface area contributed by atoms with E-state index in [0.29, 0.717) is 45.5 Å². The number of piperidine rings is 1. The number of aliphatic hydroxyl groups is 1. The lowest BCUT2D eigenvalue weighted by Crippen LogP contribution is -2.54. The Labute approximate surface area is 130 Å². The van der Waals surface area contributed by atoms with Crippen molar-refractivity contribution in [1.29, 1.82) is 0 Å². The highest BCUT2D eigenvalue weighted by atomic mass is 16.5. The van der Waals surface area contributed by atoms with Gasteiger partial charge in [-0.25, -0.2) is 0 Å². The van der Waals surface area contributed by atoms with Gasteiger partial charge in [0.1, 0.15) is 12.7 Å². The largest absolute Gasteiger partial charge is 0.390 e. The summed E-state index contributed by atoms with van der Waals surface area (Å²) in [6.45, 7) is 4.51. The molecule has 1 unspecified atom stereocenters. The average Bonchev–Trinajstić information content (AvgIpc) is 2.97. The zero-order valence-electron chi connectivity index (χ0n) is 13.1. The summed E-state index contributed by atoms with van der Waals surface area (Å²) in [5.74, 6) is 0.158. The zero-order chi connectivity index (χ0) is 15.6. The maximum absolute atomic E-state index is 12.3. The molecule has 0 bridgehead atoms. The highest BCUT2D eigenvalue weighted by Crippen LogP contribution is 2.39. The van der Waals surface area contributed by atoms with Crippen molar-refractivity contribution in [3.63, 3.8) is 0 Å². The number of nitrogens with zero attached hydrogens (tertiary/aromatic N) is 4. The van der Waals surface area contributed by atoms with Gasteiger partial charge in [0.15, 0.2) is 0 Å². The van der Waals surface area contributed by atoms with E-state index in [2.05, 4.69) is 10.2 Å². The van der Waals surface area contributed by atoms with Gasteiger partial charge in [-0.1, -0.05) is 0 Å². The van der Waals surface area contributed by atoms with Crippen molar-refractivity contribution in [2.45, 2.75) is 56.8 Å². The molecule has 7 heteroatoms. The molecular formula is C15H24N4O3. The molecule has 1 atom stereocenters. The molecule has 1 spiro atoms. The molecule has 22 heavy (non-hydrogen) atoms. The summed E-state index contributed by atoms with van der Waals surface area (Å²) in [7, 11) is 0. The van der Waals surface area contributed by atoms with Crippen LogP contribution in [0.4, 0.5) is 0 Å². The van der Waals surface area contributed by atoms with Crippen LogP contribution in [-0.2, 0) is 16.1 Å². The Morgan fingerprint density at radius 3 is 2.59 bits per heavy atom. The van der Waals surface area contributed by atoms with Gasteiger partial charge in [-0.05, 0) is 26.2 Å². The van der Waals surface area contributed by atoms with Crippen molar-refractivity contribution in [1.82, 2.24) is 19.7 Å². The van der Waals surface area contributed by atoms with Crippen molar-refractivity contribution < 1.29 is 14.6 Å². The highest BCUT2D eigenvalue weighted by molar-refractivity contribution is 5.76. The fourth-order valence-electron chi connectivity index (χ4n) is 3.53. The lowest BCUT2D eigenvalue weighted by Gasteiger charge is -2.48. The number of carbonyl (C=O) groups is 1. The Hall–Kier alpha value is -1.47. The van der Waals surface area contributed by atoms with Gasteiger partial charge in [-0.3, -0.25) is 4.79 Å². The monoisotopic (exact) mass is 308 g/mol. The molecule has 0 saturated carbocycles. The molecule has 7 nitrogen and oxygen atoms in total. The predicted octanol–water partition coefficient (Wildman–Crippen LogP) is 0.591. The Morgan fingerprint density at radius 1 is 1.27 bits per heavy atom. The molecule has 0 radical (unpaired) electrons. The quantitative estimate of drug-likeness (QED) is 0.884. The number of hydrogen-bond acceptors (Lipinski definition) is 5. The lowest BCUT2D eigenvalue weighted by atomic mass is 9.78. The van der Waals surface area contributed by atoms with E-state index in [1.165, 1.54) is 0 Å². The van der Waals surface area contributed by atoms with Gasteiger partial charge in [0.05, 0.1) is 17.8 Å². The third kappa shape index (κ3) is 3.47. The Morgan fingerprint density at radius 2 is 1.95 bits per heavy atom. The van der Waals surface area contributed by atoms with E-state index in [1.807, 2.05) is 16.4 Å². The van der Waals surface area contributed by atoms with E-state index in [1.54, 1.807) is 12.7 Å². The molecule has 2 fully saturated rings. The second-order valence-corrected chi connectivity index (χ2v) is 6.79. The van der Waals surface area contributed by atoms with Crippen LogP contribution in [0.5, 0.6) is 0 Å². The first-order valence-electron chi connectivity index (χ1n) is 7.95. The SMILES string of the molecule is CC1(O)CCOC2(CCN(C(=O)CCn3cnnc3)CC2)C1. The third-order valence-electron chi connectivity index (χ3n) is 4.83. The fourth-order valence-corrected chi connectivity index (χ4v) is 3.53. The predicted molar refractivity (Wildman–Crippen MR) is 79.0 cm³/mol. The van der Waals surface area contributed by atoms with Crippen LogP contribution >= 0.6 is 0 Å². The van der Waals surface area contributed by atoms with Gasteiger partial charge >= 0.3 is 0 Å². The van der Waals surface area contributed by atoms with Crippen LogP contribution in [0.15, 0.2) is 12.7 Å². The topological polar surface area (TPSA) is 80.5 Å². The molecule has 122 valence electrons. The minimum Gasteiger partial charge on any atom is -0.390 e. The number of aryl methyl sites for hydroxylation is 1. The molecule has 1 aromatic heterocycles. The smallest absolute Gasteiger partial charge is 0.224 e. The van der Waals surface area contributed by atoms with Crippen molar-refractivity contribution in [3.05, 3.63) is 12.7 Å². The summed E-state index contributed by atoms with van der Waals surface area (Å²) in [6.07, 6.45) is 6.68. The van der Waals surface area contributed by atoms with Crippen LogP contribution < -0.4 is 0 Å². The summed E-state index contributed by atoms with van der Waals surface area (Å²) < 4.78 is 7.78. The molecule has 2 saturated heterocycles. The highest BCUT2D eigenvalue weighted by Gasteiger charge is 2.44. The van der Waals surface area contributed by atoms with Gasteiger partial charge in [-0.2, -0.15) is 0 Å². The molecule has 0 aromatic carbocycles. The number of aromatic nitrogens is 3. The standard InChI is InChI=1S/C15H24N4O3/c1-14(21)5-9-22-15(10-14)3-7-19(8-4-15)13(20)2-6-18-11-16-17-12-18/h11-12,21H,2-10H2,1H3. The normalized spacial score (nSPS) is 28.0. The second kappa shape index (κ2) is 5.96. The summed E-state index contributed by atoms with van der Waals surface area (Å²) >= 11 is 0. The number of carbonyl (C=O) groups excluding carboxylic acids is 1. The van der Waals surface area contributed by atoms with Crippen molar-refractivity contribution in [2.24, 2.45) is 0 Å². The van der Waals surface area contributed by atoms with E-state index in [-0.39, 0.29) is 11.5 Å². The lowest BCUT2D eigenvalue weighted by molar-refractivity contribution is -0.175. The number of ether oxygens (including phenoxy) is 1. The van der Waals surface area contributed by atoms with Crippen LogP contribution in [-0.4, -0.2) is 61.6 Å². The van der Waals surface area contributed by atoms with E-state index in [9.17, 15) is 9.90 Å². The summed E-state index contributed by atoms with van der Waals surface area (Å²) in [4.78, 5) is 14.2. The van der Waals surface area contributed by atoms with Gasteiger partial charge in [0, 0.05) is 32.5 Å². The minimum absolute atomic E-state index is 0.158. The average molecular weight is 308 g/mol. The maximum atomic E-state index is 12.3. The Balaban J connectivity index is 1.49. The van der Waals surface area contributed by atoms with Crippen LogP contribution in [0.1, 0.15) is 39.0 Å². The van der Waals surface area contributed by atoms with Gasteiger partial charge in [0.2, 0.25) is 5.91 Å². The van der Waals surface area contributed by atoms with E-state index in [0.717, 1.165) is 12.8 Å². The fraction of sp³-hybridized carbons (Fsp3) is 0.800. The summed E-state index contributed by atoms with van der Waals surface area (Å²) in [5.41, 5.74) is -0.883. The number of rotatable bonds is 3. The Kier molecular flexibility index (Phi) is 4.18. The third-order valence-corrected chi connectivity index (χ3v) is 4.83. The molecule has 3 heterocycles. The van der Waals surface area contributed by atoms with Crippen LogP contribution in [0.2, 0.25) is 0 Å². The first-order valence-corrected chi connectivity index (χ1v) is 7.95. The van der Waals surface area contributed by atoms with Crippen molar-refractivity contribution in [3.8, 4) is 0 Å². The van der Waals surface area contributed by atoms with E-state index >= 15 is 0 Å². The molecule has 3 rings (SSSR count). The number of likely N-dealkylation sites (tertiary alicyclic amines) is 1. The van der Waals surface area contributed by atoms with Gasteiger partial charge in [-0.15, -0.1) is 10.2 Å². The maximum Gasteiger partial charge on any atom is 0.224 e. The molecule has 2 aliphatic heterocycles. The summed E-state index contributed by atoms with van der Waals surface area (Å²) in [5, 5.41) is 17.7. The Bertz CT molecular complexity index is 507. The second-order valence-electron chi connectivity index (χ2n) is 6.79. The number of amides is 1. The van der Waals surface area contributed by atoms with E-state index < -0.39 is 5.60 Å². The number of hydrogen-bond donors (Lipinski definition) is 1. The van der Waals surface area contributed by atoms with Gasteiger partial charge in [0.25, 0.3) is 0 Å².